The fraction of sp³-hybridized carbons (Fsp3) is 0.188. The van der Waals surface area contributed by atoms with E-state index in [-0.39, 0.29) is 5.38 Å². The highest BCUT2D eigenvalue weighted by molar-refractivity contribution is 9.10. The van der Waals surface area contributed by atoms with Gasteiger partial charge in [0.1, 0.15) is 5.82 Å². The van der Waals surface area contributed by atoms with Gasteiger partial charge in [-0.1, -0.05) is 28.1 Å². The molecule has 102 valence electrons. The summed E-state index contributed by atoms with van der Waals surface area (Å²) in [7, 11) is 0. The SMILES string of the molecule is Cc1cccc2nc(C(C)Cl)n(-c3ccc(Br)cc3)c12. The first kappa shape index (κ1) is 13.7. The number of benzene rings is 2. The molecule has 0 fully saturated rings. The lowest BCUT2D eigenvalue weighted by Crippen LogP contribution is -2.02. The van der Waals surface area contributed by atoms with Crippen LogP contribution in [0, 0.1) is 6.92 Å². The fourth-order valence-electron chi connectivity index (χ4n) is 2.43. The van der Waals surface area contributed by atoms with Gasteiger partial charge in [0.15, 0.2) is 0 Å². The number of alkyl halides is 1. The van der Waals surface area contributed by atoms with Crippen LogP contribution in [0.25, 0.3) is 16.7 Å². The Morgan fingerprint density at radius 2 is 1.85 bits per heavy atom. The Morgan fingerprint density at radius 1 is 1.15 bits per heavy atom. The summed E-state index contributed by atoms with van der Waals surface area (Å²) in [5, 5.41) is -0.148. The molecule has 0 radical (unpaired) electrons. The Balaban J connectivity index is 2.36. The molecule has 0 N–H and O–H groups in total. The van der Waals surface area contributed by atoms with E-state index in [1.165, 1.54) is 5.56 Å². The molecular weight excluding hydrogens is 336 g/mol. The third-order valence-corrected chi connectivity index (χ3v) is 4.07. The van der Waals surface area contributed by atoms with E-state index in [2.05, 4.69) is 45.6 Å². The van der Waals surface area contributed by atoms with Gasteiger partial charge < -0.3 is 0 Å². The number of aromatic nitrogens is 2. The predicted molar refractivity (Wildman–Crippen MR) is 87.8 cm³/mol. The van der Waals surface area contributed by atoms with Gasteiger partial charge in [0, 0.05) is 10.2 Å². The number of fused-ring (bicyclic) bond motifs is 1. The molecule has 1 aromatic heterocycles. The number of nitrogens with zero attached hydrogens (tertiary/aromatic N) is 2. The van der Waals surface area contributed by atoms with Crippen molar-refractivity contribution in [1.29, 1.82) is 0 Å². The van der Waals surface area contributed by atoms with Crippen LogP contribution in [-0.4, -0.2) is 9.55 Å². The zero-order valence-electron chi connectivity index (χ0n) is 11.3. The normalized spacial score (nSPS) is 12.8. The molecule has 2 nitrogen and oxygen atoms in total. The van der Waals surface area contributed by atoms with Gasteiger partial charge in [-0.05, 0) is 49.7 Å². The van der Waals surface area contributed by atoms with Crippen LogP contribution in [0.2, 0.25) is 0 Å². The molecule has 0 aliphatic heterocycles. The number of hydrogen-bond donors (Lipinski definition) is 0. The highest BCUT2D eigenvalue weighted by Crippen LogP contribution is 2.30. The molecule has 0 aliphatic carbocycles. The zero-order chi connectivity index (χ0) is 14.3. The lowest BCUT2D eigenvalue weighted by Gasteiger charge is -2.11. The van der Waals surface area contributed by atoms with Crippen LogP contribution in [0.15, 0.2) is 46.9 Å². The van der Waals surface area contributed by atoms with Gasteiger partial charge in [0.2, 0.25) is 0 Å². The van der Waals surface area contributed by atoms with Crippen molar-refractivity contribution in [3.05, 3.63) is 58.3 Å². The van der Waals surface area contributed by atoms with Crippen molar-refractivity contribution in [2.24, 2.45) is 0 Å². The van der Waals surface area contributed by atoms with Crippen LogP contribution in [0.1, 0.15) is 23.7 Å². The number of rotatable bonds is 2. The Labute approximate surface area is 131 Å². The molecule has 3 rings (SSSR count). The standard InChI is InChI=1S/C16H14BrClN2/c1-10-4-3-5-14-15(10)20(16(19-14)11(2)18)13-8-6-12(17)7-9-13/h3-9,11H,1-2H3. The molecular formula is C16H14BrClN2. The van der Waals surface area contributed by atoms with E-state index in [0.29, 0.717) is 0 Å². The van der Waals surface area contributed by atoms with Gasteiger partial charge >= 0.3 is 0 Å². The quantitative estimate of drug-likeness (QED) is 0.567. The van der Waals surface area contributed by atoms with E-state index in [0.717, 1.165) is 27.0 Å². The predicted octanol–water partition coefficient (Wildman–Crippen LogP) is 5.40. The molecule has 2 aromatic carbocycles. The average molecular weight is 350 g/mol. The Morgan fingerprint density at radius 3 is 2.50 bits per heavy atom. The third kappa shape index (κ3) is 2.25. The van der Waals surface area contributed by atoms with Gasteiger partial charge in [-0.25, -0.2) is 4.98 Å². The van der Waals surface area contributed by atoms with Crippen molar-refractivity contribution in [1.82, 2.24) is 9.55 Å². The number of imidazole rings is 1. The molecule has 0 aliphatic rings. The smallest absolute Gasteiger partial charge is 0.132 e. The minimum Gasteiger partial charge on any atom is -0.295 e. The van der Waals surface area contributed by atoms with Crippen molar-refractivity contribution in [2.45, 2.75) is 19.2 Å². The summed E-state index contributed by atoms with van der Waals surface area (Å²) in [6.07, 6.45) is 0. The highest BCUT2D eigenvalue weighted by atomic mass is 79.9. The number of halogens is 2. The van der Waals surface area contributed by atoms with Gasteiger partial charge in [-0.3, -0.25) is 4.57 Å². The van der Waals surface area contributed by atoms with Gasteiger partial charge in [-0.2, -0.15) is 0 Å². The van der Waals surface area contributed by atoms with E-state index < -0.39 is 0 Å². The second kappa shape index (κ2) is 5.23. The third-order valence-electron chi connectivity index (χ3n) is 3.34. The maximum atomic E-state index is 6.32. The van der Waals surface area contributed by atoms with E-state index in [1.54, 1.807) is 0 Å². The molecule has 3 aromatic rings. The van der Waals surface area contributed by atoms with E-state index in [4.69, 9.17) is 16.6 Å². The van der Waals surface area contributed by atoms with Crippen LogP contribution >= 0.6 is 27.5 Å². The molecule has 0 saturated heterocycles. The van der Waals surface area contributed by atoms with Crippen molar-refractivity contribution < 1.29 is 0 Å². The van der Waals surface area contributed by atoms with Crippen molar-refractivity contribution >= 4 is 38.6 Å². The van der Waals surface area contributed by atoms with Gasteiger partial charge in [0.05, 0.1) is 16.4 Å². The number of para-hydroxylation sites is 1. The minimum absolute atomic E-state index is 0.148. The summed E-state index contributed by atoms with van der Waals surface area (Å²) < 4.78 is 3.21. The van der Waals surface area contributed by atoms with E-state index in [9.17, 15) is 0 Å². The van der Waals surface area contributed by atoms with Crippen molar-refractivity contribution in [3.63, 3.8) is 0 Å². The lowest BCUT2D eigenvalue weighted by atomic mass is 10.2. The van der Waals surface area contributed by atoms with Crippen LogP contribution in [0.4, 0.5) is 0 Å². The zero-order valence-corrected chi connectivity index (χ0v) is 13.6. The Bertz CT molecular complexity index is 760. The molecule has 1 atom stereocenters. The Kier molecular flexibility index (Phi) is 3.57. The molecule has 0 amide bonds. The maximum absolute atomic E-state index is 6.32. The first-order valence-electron chi connectivity index (χ1n) is 6.46. The lowest BCUT2D eigenvalue weighted by molar-refractivity contribution is 0.881. The van der Waals surface area contributed by atoms with Gasteiger partial charge in [0.25, 0.3) is 0 Å². The first-order chi connectivity index (χ1) is 9.58. The van der Waals surface area contributed by atoms with Crippen LogP contribution in [0.3, 0.4) is 0 Å². The summed E-state index contributed by atoms with van der Waals surface area (Å²) in [5.41, 5.74) is 4.38. The molecule has 1 heterocycles. The maximum Gasteiger partial charge on any atom is 0.132 e. The summed E-state index contributed by atoms with van der Waals surface area (Å²) in [6.45, 7) is 4.05. The molecule has 0 spiro atoms. The summed E-state index contributed by atoms with van der Waals surface area (Å²) in [6, 6.07) is 14.4. The average Bonchev–Trinajstić information content (AvgIpc) is 2.81. The number of hydrogen-bond acceptors (Lipinski definition) is 1. The second-order valence-electron chi connectivity index (χ2n) is 4.84. The number of aryl methyl sites for hydroxylation is 1. The Hall–Kier alpha value is -1.32. The molecule has 0 bridgehead atoms. The van der Waals surface area contributed by atoms with Crippen LogP contribution < -0.4 is 0 Å². The summed E-state index contributed by atoms with van der Waals surface area (Å²) in [4.78, 5) is 4.69. The molecule has 4 heteroatoms. The molecule has 0 saturated carbocycles. The monoisotopic (exact) mass is 348 g/mol. The van der Waals surface area contributed by atoms with Crippen LogP contribution in [-0.2, 0) is 0 Å². The fourth-order valence-corrected chi connectivity index (χ4v) is 2.84. The van der Waals surface area contributed by atoms with E-state index in [1.807, 2.05) is 31.2 Å². The minimum atomic E-state index is -0.148. The largest absolute Gasteiger partial charge is 0.295 e. The highest BCUT2D eigenvalue weighted by Gasteiger charge is 2.17. The van der Waals surface area contributed by atoms with Gasteiger partial charge in [-0.15, -0.1) is 11.6 Å². The summed E-state index contributed by atoms with van der Waals surface area (Å²) in [5.74, 6) is 0.873. The summed E-state index contributed by atoms with van der Waals surface area (Å²) >= 11 is 9.79. The second-order valence-corrected chi connectivity index (χ2v) is 6.41. The van der Waals surface area contributed by atoms with E-state index >= 15 is 0 Å². The molecule has 1 unspecified atom stereocenters. The topological polar surface area (TPSA) is 17.8 Å². The van der Waals surface area contributed by atoms with Crippen molar-refractivity contribution in [3.8, 4) is 5.69 Å². The van der Waals surface area contributed by atoms with Crippen LogP contribution in [0.5, 0.6) is 0 Å². The molecule has 20 heavy (non-hydrogen) atoms. The van der Waals surface area contributed by atoms with Crippen molar-refractivity contribution in [2.75, 3.05) is 0 Å². The first-order valence-corrected chi connectivity index (χ1v) is 7.69.